The zero-order valence-corrected chi connectivity index (χ0v) is 18.1. The number of benzene rings is 2. The number of anilines is 1. The Hall–Kier alpha value is -3.19. The van der Waals surface area contributed by atoms with Crippen LogP contribution in [0.15, 0.2) is 64.2 Å². The van der Waals surface area contributed by atoms with Crippen molar-refractivity contribution in [3.63, 3.8) is 0 Å². The number of phenols is 1. The number of methoxy groups -OCH3 is 1. The fraction of sp³-hybridized carbons (Fsp3) is 0.217. The Morgan fingerprint density at radius 3 is 2.63 bits per heavy atom. The summed E-state index contributed by atoms with van der Waals surface area (Å²) in [6, 6.07) is 12.5. The van der Waals surface area contributed by atoms with Gasteiger partial charge in [-0.1, -0.05) is 18.2 Å². The van der Waals surface area contributed by atoms with E-state index in [0.29, 0.717) is 29.3 Å². The first-order valence-electron chi connectivity index (χ1n) is 9.37. The summed E-state index contributed by atoms with van der Waals surface area (Å²) < 4.78 is 10.4. The van der Waals surface area contributed by atoms with E-state index in [1.807, 2.05) is 37.4 Å². The van der Waals surface area contributed by atoms with E-state index in [0.717, 1.165) is 4.90 Å². The van der Waals surface area contributed by atoms with Gasteiger partial charge < -0.3 is 14.6 Å². The van der Waals surface area contributed by atoms with Gasteiger partial charge in [0, 0.05) is 16.2 Å². The van der Waals surface area contributed by atoms with Gasteiger partial charge in [0.15, 0.2) is 11.5 Å². The zero-order chi connectivity index (χ0) is 21.8. The Morgan fingerprint density at radius 1 is 1.23 bits per heavy atom. The van der Waals surface area contributed by atoms with Crippen LogP contribution in [0.3, 0.4) is 0 Å². The summed E-state index contributed by atoms with van der Waals surface area (Å²) in [4.78, 5) is 28.4. The standard InChI is InChI=1S/C23H23NO5S/c1-5-29-19-11-6-8-15(21(19)25)12-18-20(23(27)28-3)14(2)24(22(18)26)16-9-7-10-17(13-16)30-4/h6-13,25H,5H2,1-4H3/b18-12-. The molecule has 30 heavy (non-hydrogen) atoms. The third-order valence-corrected chi connectivity index (χ3v) is 5.46. The van der Waals surface area contributed by atoms with Crippen LogP contribution in [0.4, 0.5) is 5.69 Å². The minimum absolute atomic E-state index is 0.0932. The monoisotopic (exact) mass is 425 g/mol. The van der Waals surface area contributed by atoms with Crippen molar-refractivity contribution in [1.29, 1.82) is 0 Å². The molecular formula is C23H23NO5S. The average Bonchev–Trinajstić information content (AvgIpc) is 3.00. The fourth-order valence-corrected chi connectivity index (χ4v) is 3.78. The van der Waals surface area contributed by atoms with Crippen LogP contribution in [0.25, 0.3) is 6.08 Å². The summed E-state index contributed by atoms with van der Waals surface area (Å²) in [6.45, 7) is 3.90. The van der Waals surface area contributed by atoms with Crippen molar-refractivity contribution in [2.24, 2.45) is 0 Å². The number of carbonyl (C=O) groups is 2. The first kappa shape index (κ1) is 21.5. The zero-order valence-electron chi connectivity index (χ0n) is 17.3. The summed E-state index contributed by atoms with van der Waals surface area (Å²) in [6.07, 6.45) is 3.45. The molecule has 1 amide bonds. The lowest BCUT2D eigenvalue weighted by molar-refractivity contribution is -0.136. The lowest BCUT2D eigenvalue weighted by Crippen LogP contribution is -2.24. The maximum atomic E-state index is 13.4. The number of hydrogen-bond acceptors (Lipinski definition) is 6. The van der Waals surface area contributed by atoms with Gasteiger partial charge in [-0.2, -0.15) is 0 Å². The Kier molecular flexibility index (Phi) is 6.52. The lowest BCUT2D eigenvalue weighted by Gasteiger charge is -2.18. The Labute approximate surface area is 179 Å². The molecule has 0 aliphatic carbocycles. The van der Waals surface area contributed by atoms with E-state index in [4.69, 9.17) is 9.47 Å². The Bertz CT molecular complexity index is 1060. The normalized spacial score (nSPS) is 15.1. The summed E-state index contributed by atoms with van der Waals surface area (Å²) >= 11 is 1.56. The number of ether oxygens (including phenoxy) is 2. The van der Waals surface area contributed by atoms with E-state index in [-0.39, 0.29) is 22.8 Å². The van der Waals surface area contributed by atoms with Crippen molar-refractivity contribution in [2.45, 2.75) is 18.7 Å². The number of rotatable bonds is 6. The number of para-hydroxylation sites is 1. The summed E-state index contributed by atoms with van der Waals surface area (Å²) in [5.41, 5.74) is 1.81. The number of hydrogen-bond donors (Lipinski definition) is 1. The second-order valence-corrected chi connectivity index (χ2v) is 7.36. The van der Waals surface area contributed by atoms with Crippen LogP contribution in [0.5, 0.6) is 11.5 Å². The summed E-state index contributed by atoms with van der Waals surface area (Å²) in [5.74, 6) is -0.769. The molecule has 0 bridgehead atoms. The van der Waals surface area contributed by atoms with E-state index in [1.165, 1.54) is 18.1 Å². The second kappa shape index (κ2) is 9.09. The van der Waals surface area contributed by atoms with Crippen molar-refractivity contribution in [3.05, 3.63) is 64.9 Å². The maximum Gasteiger partial charge on any atom is 0.340 e. The molecule has 0 unspecified atom stereocenters. The molecule has 1 N–H and O–H groups in total. The number of amides is 1. The predicted octanol–water partition coefficient (Wildman–Crippen LogP) is 4.39. The van der Waals surface area contributed by atoms with Crippen molar-refractivity contribution >= 4 is 35.4 Å². The second-order valence-electron chi connectivity index (χ2n) is 6.48. The van der Waals surface area contributed by atoms with Crippen molar-refractivity contribution in [2.75, 3.05) is 24.9 Å². The van der Waals surface area contributed by atoms with Crippen LogP contribution in [-0.4, -0.2) is 37.0 Å². The first-order valence-corrected chi connectivity index (χ1v) is 10.6. The predicted molar refractivity (Wildman–Crippen MR) is 118 cm³/mol. The van der Waals surface area contributed by atoms with Crippen molar-refractivity contribution in [3.8, 4) is 11.5 Å². The highest BCUT2D eigenvalue weighted by molar-refractivity contribution is 7.98. The van der Waals surface area contributed by atoms with Gasteiger partial charge in [0.05, 0.1) is 30.6 Å². The molecule has 1 heterocycles. The molecule has 1 aliphatic heterocycles. The summed E-state index contributed by atoms with van der Waals surface area (Å²) in [5, 5.41) is 10.5. The molecule has 2 aromatic rings. The smallest absolute Gasteiger partial charge is 0.340 e. The topological polar surface area (TPSA) is 76.1 Å². The van der Waals surface area contributed by atoms with Crippen LogP contribution in [0, 0.1) is 0 Å². The molecule has 6 nitrogen and oxygen atoms in total. The number of esters is 1. The molecular weight excluding hydrogens is 402 g/mol. The quantitative estimate of drug-likeness (QED) is 0.420. The lowest BCUT2D eigenvalue weighted by atomic mass is 10.0. The molecule has 0 aromatic heterocycles. The molecule has 0 saturated carbocycles. The number of thioether (sulfide) groups is 1. The highest BCUT2D eigenvalue weighted by atomic mass is 32.2. The number of carbonyl (C=O) groups excluding carboxylic acids is 2. The fourth-order valence-electron chi connectivity index (χ4n) is 3.32. The molecule has 156 valence electrons. The SMILES string of the molecule is CCOc1cccc(/C=C2\C(=O)N(c3cccc(SC)c3)C(C)=C2C(=O)OC)c1O. The molecule has 0 radical (unpaired) electrons. The van der Waals surface area contributed by atoms with Gasteiger partial charge in [-0.15, -0.1) is 11.8 Å². The Balaban J connectivity index is 2.15. The van der Waals surface area contributed by atoms with Crippen LogP contribution in [0.2, 0.25) is 0 Å². The first-order chi connectivity index (χ1) is 14.4. The average molecular weight is 426 g/mol. The summed E-state index contributed by atoms with van der Waals surface area (Å²) in [7, 11) is 1.27. The van der Waals surface area contributed by atoms with Gasteiger partial charge in [0.25, 0.3) is 5.91 Å². The Morgan fingerprint density at radius 2 is 1.97 bits per heavy atom. The third-order valence-electron chi connectivity index (χ3n) is 4.73. The number of allylic oxidation sites excluding steroid dienone is 1. The molecule has 1 aliphatic rings. The third kappa shape index (κ3) is 3.93. The van der Waals surface area contributed by atoms with E-state index in [9.17, 15) is 14.7 Å². The minimum Gasteiger partial charge on any atom is -0.504 e. The van der Waals surface area contributed by atoms with Gasteiger partial charge in [-0.25, -0.2) is 4.79 Å². The number of phenolic OH excluding ortho intramolecular Hbond substituents is 1. The molecule has 2 aromatic carbocycles. The van der Waals surface area contributed by atoms with Crippen LogP contribution in [0.1, 0.15) is 19.4 Å². The molecule has 0 fully saturated rings. The van der Waals surface area contributed by atoms with E-state index >= 15 is 0 Å². The molecule has 0 spiro atoms. The molecule has 7 heteroatoms. The van der Waals surface area contributed by atoms with Gasteiger partial charge in [-0.05, 0) is 50.4 Å². The van der Waals surface area contributed by atoms with Gasteiger partial charge in [0.2, 0.25) is 0 Å². The molecule has 0 saturated heterocycles. The van der Waals surface area contributed by atoms with Crippen molar-refractivity contribution in [1.82, 2.24) is 0 Å². The molecule has 0 atom stereocenters. The maximum absolute atomic E-state index is 13.4. The van der Waals surface area contributed by atoms with Gasteiger partial charge in [-0.3, -0.25) is 9.69 Å². The van der Waals surface area contributed by atoms with Crippen LogP contribution < -0.4 is 9.64 Å². The van der Waals surface area contributed by atoms with Crippen LogP contribution >= 0.6 is 11.8 Å². The van der Waals surface area contributed by atoms with Crippen molar-refractivity contribution < 1.29 is 24.2 Å². The number of nitrogens with zero attached hydrogens (tertiary/aromatic N) is 1. The van der Waals surface area contributed by atoms with Gasteiger partial charge >= 0.3 is 5.97 Å². The highest BCUT2D eigenvalue weighted by Gasteiger charge is 2.38. The van der Waals surface area contributed by atoms with E-state index < -0.39 is 5.97 Å². The molecule has 3 rings (SSSR count). The van der Waals surface area contributed by atoms with E-state index in [2.05, 4.69) is 0 Å². The largest absolute Gasteiger partial charge is 0.504 e. The van der Waals surface area contributed by atoms with Crippen LogP contribution in [-0.2, 0) is 14.3 Å². The van der Waals surface area contributed by atoms with Gasteiger partial charge in [0.1, 0.15) is 0 Å². The highest BCUT2D eigenvalue weighted by Crippen LogP contribution is 2.38. The minimum atomic E-state index is -0.615. The number of aromatic hydroxyl groups is 1. The van der Waals surface area contributed by atoms with E-state index in [1.54, 1.807) is 36.9 Å².